The SMILES string of the molecule is Cc1cccnc1NCCC(=O)N1CCOCC1. The van der Waals surface area contributed by atoms with E-state index in [0.29, 0.717) is 39.3 Å². The van der Waals surface area contributed by atoms with Crippen LogP contribution in [0.15, 0.2) is 18.3 Å². The maximum absolute atomic E-state index is 11.9. The van der Waals surface area contributed by atoms with Gasteiger partial charge in [-0.05, 0) is 18.6 Å². The number of carbonyl (C=O) groups is 1. The van der Waals surface area contributed by atoms with Gasteiger partial charge < -0.3 is 15.0 Å². The molecule has 5 heteroatoms. The van der Waals surface area contributed by atoms with Crippen LogP contribution < -0.4 is 5.32 Å². The highest BCUT2D eigenvalue weighted by atomic mass is 16.5. The third-order valence-corrected chi connectivity index (χ3v) is 3.00. The molecule has 0 saturated carbocycles. The smallest absolute Gasteiger partial charge is 0.224 e. The summed E-state index contributed by atoms with van der Waals surface area (Å²) in [6.07, 6.45) is 2.25. The van der Waals surface area contributed by atoms with E-state index < -0.39 is 0 Å². The molecule has 5 nitrogen and oxygen atoms in total. The third kappa shape index (κ3) is 3.43. The van der Waals surface area contributed by atoms with E-state index in [1.54, 1.807) is 6.20 Å². The maximum atomic E-state index is 11.9. The summed E-state index contributed by atoms with van der Waals surface area (Å²) < 4.78 is 5.22. The first-order valence-corrected chi connectivity index (χ1v) is 6.28. The number of hydrogen-bond donors (Lipinski definition) is 1. The molecule has 0 aromatic carbocycles. The van der Waals surface area contributed by atoms with E-state index in [1.165, 1.54) is 0 Å². The zero-order valence-corrected chi connectivity index (χ0v) is 10.7. The van der Waals surface area contributed by atoms with E-state index in [0.717, 1.165) is 11.4 Å². The first-order chi connectivity index (χ1) is 8.77. The predicted octanol–water partition coefficient (Wildman–Crippen LogP) is 1.05. The molecule has 1 amide bonds. The highest BCUT2D eigenvalue weighted by Crippen LogP contribution is 2.09. The molecule has 2 heterocycles. The number of anilines is 1. The molecule has 1 aliphatic heterocycles. The molecule has 1 N–H and O–H groups in total. The summed E-state index contributed by atoms with van der Waals surface area (Å²) in [7, 11) is 0. The van der Waals surface area contributed by atoms with E-state index in [9.17, 15) is 4.79 Å². The Balaban J connectivity index is 1.75. The van der Waals surface area contributed by atoms with Crippen molar-refractivity contribution >= 4 is 11.7 Å². The fourth-order valence-electron chi connectivity index (χ4n) is 1.93. The minimum absolute atomic E-state index is 0.180. The Morgan fingerprint density at radius 2 is 2.28 bits per heavy atom. The molecular formula is C13H19N3O2. The number of amides is 1. The van der Waals surface area contributed by atoms with Crippen LogP contribution in [0.2, 0.25) is 0 Å². The highest BCUT2D eigenvalue weighted by molar-refractivity contribution is 5.76. The Bertz CT molecular complexity index is 403. The van der Waals surface area contributed by atoms with Crippen LogP contribution in [0.5, 0.6) is 0 Å². The van der Waals surface area contributed by atoms with Crippen molar-refractivity contribution in [2.45, 2.75) is 13.3 Å². The highest BCUT2D eigenvalue weighted by Gasteiger charge is 2.16. The minimum Gasteiger partial charge on any atom is -0.378 e. The molecule has 18 heavy (non-hydrogen) atoms. The lowest BCUT2D eigenvalue weighted by atomic mass is 10.3. The summed E-state index contributed by atoms with van der Waals surface area (Å²) in [5.41, 5.74) is 1.09. The zero-order valence-electron chi connectivity index (χ0n) is 10.7. The monoisotopic (exact) mass is 249 g/mol. The summed E-state index contributed by atoms with van der Waals surface area (Å²) in [6.45, 7) is 5.34. The van der Waals surface area contributed by atoms with E-state index in [4.69, 9.17) is 4.74 Å². The molecular weight excluding hydrogens is 230 g/mol. The lowest BCUT2D eigenvalue weighted by Gasteiger charge is -2.26. The van der Waals surface area contributed by atoms with Gasteiger partial charge in [0.15, 0.2) is 0 Å². The van der Waals surface area contributed by atoms with Crippen molar-refractivity contribution < 1.29 is 9.53 Å². The van der Waals surface area contributed by atoms with E-state index in [1.807, 2.05) is 24.0 Å². The summed E-state index contributed by atoms with van der Waals surface area (Å²) in [4.78, 5) is 18.0. The normalized spacial score (nSPS) is 15.5. The molecule has 0 atom stereocenters. The quantitative estimate of drug-likeness (QED) is 0.866. The van der Waals surface area contributed by atoms with Gasteiger partial charge in [-0.15, -0.1) is 0 Å². The second-order valence-electron chi connectivity index (χ2n) is 4.34. The summed E-state index contributed by atoms with van der Waals surface area (Å²) in [5, 5.41) is 3.19. The van der Waals surface area contributed by atoms with Gasteiger partial charge in [-0.1, -0.05) is 6.07 Å². The molecule has 1 aromatic heterocycles. The molecule has 1 fully saturated rings. The maximum Gasteiger partial charge on any atom is 0.224 e. The van der Waals surface area contributed by atoms with Gasteiger partial charge in [-0.3, -0.25) is 4.79 Å². The number of aromatic nitrogens is 1. The second-order valence-corrected chi connectivity index (χ2v) is 4.34. The molecule has 98 valence electrons. The van der Waals surface area contributed by atoms with E-state index >= 15 is 0 Å². The van der Waals surface area contributed by atoms with Crippen LogP contribution in [0.4, 0.5) is 5.82 Å². The molecule has 0 unspecified atom stereocenters. The van der Waals surface area contributed by atoms with Gasteiger partial charge in [0.05, 0.1) is 13.2 Å². The zero-order chi connectivity index (χ0) is 12.8. The molecule has 0 aliphatic carbocycles. The Hall–Kier alpha value is -1.62. The molecule has 0 bridgehead atoms. The van der Waals surface area contributed by atoms with Crippen molar-refractivity contribution in [3.8, 4) is 0 Å². The van der Waals surface area contributed by atoms with Crippen molar-refractivity contribution in [2.24, 2.45) is 0 Å². The van der Waals surface area contributed by atoms with Crippen molar-refractivity contribution in [3.05, 3.63) is 23.9 Å². The molecule has 0 radical (unpaired) electrons. The van der Waals surface area contributed by atoms with Crippen molar-refractivity contribution in [2.75, 3.05) is 38.2 Å². The number of ether oxygens (including phenoxy) is 1. The minimum atomic E-state index is 0.180. The number of carbonyl (C=O) groups excluding carboxylic acids is 1. The summed E-state index contributed by atoms with van der Waals surface area (Å²) in [5.74, 6) is 1.03. The topological polar surface area (TPSA) is 54.5 Å². The third-order valence-electron chi connectivity index (χ3n) is 3.00. The second kappa shape index (κ2) is 6.35. The fourth-order valence-corrected chi connectivity index (χ4v) is 1.93. The van der Waals surface area contributed by atoms with Gasteiger partial charge in [-0.2, -0.15) is 0 Å². The van der Waals surface area contributed by atoms with Gasteiger partial charge >= 0.3 is 0 Å². The van der Waals surface area contributed by atoms with Crippen LogP contribution in [0.25, 0.3) is 0 Å². The average molecular weight is 249 g/mol. The standard InChI is InChI=1S/C13H19N3O2/c1-11-3-2-5-14-13(11)15-6-4-12(17)16-7-9-18-10-8-16/h2-3,5H,4,6-10H2,1H3,(H,14,15). The molecule has 0 spiro atoms. The van der Waals surface area contributed by atoms with Gasteiger partial charge in [0.25, 0.3) is 0 Å². The Morgan fingerprint density at radius 3 is 3.00 bits per heavy atom. The molecule has 2 rings (SSSR count). The van der Waals surface area contributed by atoms with Crippen LogP contribution >= 0.6 is 0 Å². The van der Waals surface area contributed by atoms with Crippen LogP contribution in [-0.2, 0) is 9.53 Å². The predicted molar refractivity (Wildman–Crippen MR) is 69.5 cm³/mol. The van der Waals surface area contributed by atoms with Crippen LogP contribution in [0.3, 0.4) is 0 Å². The number of nitrogens with one attached hydrogen (secondary N) is 1. The van der Waals surface area contributed by atoms with Crippen molar-refractivity contribution in [3.63, 3.8) is 0 Å². The van der Waals surface area contributed by atoms with Gasteiger partial charge in [0, 0.05) is 32.3 Å². The van der Waals surface area contributed by atoms with E-state index in [-0.39, 0.29) is 5.91 Å². The lowest BCUT2D eigenvalue weighted by Crippen LogP contribution is -2.41. The Kier molecular flexibility index (Phi) is 4.52. The molecule has 1 saturated heterocycles. The lowest BCUT2D eigenvalue weighted by molar-refractivity contribution is -0.134. The first-order valence-electron chi connectivity index (χ1n) is 6.28. The molecule has 1 aromatic rings. The largest absolute Gasteiger partial charge is 0.378 e. The number of hydrogen-bond acceptors (Lipinski definition) is 4. The summed E-state index contributed by atoms with van der Waals surface area (Å²) >= 11 is 0. The van der Waals surface area contributed by atoms with Gasteiger partial charge in [0.2, 0.25) is 5.91 Å². The number of pyridine rings is 1. The van der Waals surface area contributed by atoms with Crippen LogP contribution in [0.1, 0.15) is 12.0 Å². The van der Waals surface area contributed by atoms with E-state index in [2.05, 4.69) is 10.3 Å². The van der Waals surface area contributed by atoms with Crippen LogP contribution in [-0.4, -0.2) is 48.6 Å². The van der Waals surface area contributed by atoms with Crippen molar-refractivity contribution in [1.29, 1.82) is 0 Å². The number of morpholine rings is 1. The number of nitrogens with zero attached hydrogens (tertiary/aromatic N) is 2. The Morgan fingerprint density at radius 1 is 1.50 bits per heavy atom. The average Bonchev–Trinajstić information content (AvgIpc) is 2.42. The number of aryl methyl sites for hydroxylation is 1. The number of rotatable bonds is 4. The van der Waals surface area contributed by atoms with Crippen molar-refractivity contribution in [1.82, 2.24) is 9.88 Å². The first kappa shape index (κ1) is 12.8. The van der Waals surface area contributed by atoms with Crippen LogP contribution in [0, 0.1) is 6.92 Å². The van der Waals surface area contributed by atoms with Gasteiger partial charge in [-0.25, -0.2) is 4.98 Å². The fraction of sp³-hybridized carbons (Fsp3) is 0.538. The Labute approximate surface area is 107 Å². The summed E-state index contributed by atoms with van der Waals surface area (Å²) in [6, 6.07) is 3.90. The van der Waals surface area contributed by atoms with Gasteiger partial charge in [0.1, 0.15) is 5.82 Å². The molecule has 1 aliphatic rings.